The summed E-state index contributed by atoms with van der Waals surface area (Å²) in [4.78, 5) is 26.5. The first-order valence-electron chi connectivity index (χ1n) is 11.8. The molecule has 1 amide bonds. The molecule has 1 unspecified atom stereocenters. The summed E-state index contributed by atoms with van der Waals surface area (Å²) in [6.07, 6.45) is 1.01. The molecule has 1 aliphatic heterocycles. The van der Waals surface area contributed by atoms with E-state index >= 15 is 0 Å². The molecule has 198 valence electrons. The third-order valence-electron chi connectivity index (χ3n) is 6.00. The van der Waals surface area contributed by atoms with Gasteiger partial charge < -0.3 is 24.7 Å². The number of carbonyl (C=O) groups is 2. The average Bonchev–Trinajstić information content (AvgIpc) is 3.37. The maximum absolute atomic E-state index is 13.5. The number of nitrogens with zero attached hydrogens (tertiary/aromatic N) is 1. The molecule has 0 saturated carbocycles. The Morgan fingerprint density at radius 2 is 1.92 bits per heavy atom. The van der Waals surface area contributed by atoms with Gasteiger partial charge in [-0.15, -0.1) is 0 Å². The van der Waals surface area contributed by atoms with Gasteiger partial charge >= 0.3 is 16.2 Å². The van der Waals surface area contributed by atoms with Crippen LogP contribution in [0, 0.1) is 0 Å². The molecule has 4 rings (SSSR count). The number of hydrogen-bond acceptors (Lipinski definition) is 8. The van der Waals surface area contributed by atoms with Gasteiger partial charge in [0.15, 0.2) is 11.5 Å². The van der Waals surface area contributed by atoms with Crippen molar-refractivity contribution in [2.45, 2.75) is 52.3 Å². The first-order valence-corrected chi connectivity index (χ1v) is 13.6. The lowest BCUT2D eigenvalue weighted by molar-refractivity contribution is 0.0546. The molecule has 3 aromatic rings. The maximum Gasteiger partial charge on any atom is 0.419 e. The van der Waals surface area contributed by atoms with Crippen molar-refractivity contribution in [1.82, 2.24) is 9.88 Å². The molecule has 10 nitrogen and oxygen atoms in total. The number of fused-ring (bicyclic) bond motifs is 2. The highest BCUT2D eigenvalue weighted by molar-refractivity contribution is 7.86. The first-order chi connectivity index (χ1) is 17.2. The fraction of sp³-hybridized carbons (Fsp3) is 0.385. The minimum atomic E-state index is -3.91. The molecule has 1 aromatic heterocycles. The first kappa shape index (κ1) is 26.5. The molecule has 0 aliphatic carbocycles. The zero-order valence-electron chi connectivity index (χ0n) is 21.7. The molecule has 11 heteroatoms. The van der Waals surface area contributed by atoms with E-state index in [1.54, 1.807) is 32.9 Å². The van der Waals surface area contributed by atoms with E-state index in [-0.39, 0.29) is 29.6 Å². The van der Waals surface area contributed by atoms with Crippen LogP contribution in [0.25, 0.3) is 22.2 Å². The number of ether oxygens (including phenoxy) is 2. The average molecular weight is 530 g/mol. The van der Waals surface area contributed by atoms with Gasteiger partial charge in [0.25, 0.3) is 5.91 Å². The maximum atomic E-state index is 13.5. The van der Waals surface area contributed by atoms with Gasteiger partial charge in [0.1, 0.15) is 5.60 Å². The van der Waals surface area contributed by atoms with Gasteiger partial charge in [-0.3, -0.25) is 4.79 Å². The van der Waals surface area contributed by atoms with Crippen molar-refractivity contribution in [3.63, 3.8) is 0 Å². The molecule has 0 saturated heterocycles. The van der Waals surface area contributed by atoms with Crippen LogP contribution in [0.1, 0.15) is 61.6 Å². The van der Waals surface area contributed by atoms with E-state index in [1.807, 2.05) is 19.1 Å². The van der Waals surface area contributed by atoms with Crippen molar-refractivity contribution in [3.8, 4) is 22.8 Å². The molecule has 37 heavy (non-hydrogen) atoms. The quantitative estimate of drug-likeness (QED) is 0.455. The molecule has 2 aromatic carbocycles. The Balaban J connectivity index is 2.05. The Morgan fingerprint density at radius 1 is 1.22 bits per heavy atom. The van der Waals surface area contributed by atoms with Crippen LogP contribution in [0.2, 0.25) is 0 Å². The molecular formula is C26H31N3O7S. The van der Waals surface area contributed by atoms with Crippen molar-refractivity contribution >= 4 is 33.0 Å². The van der Waals surface area contributed by atoms with Crippen molar-refractivity contribution in [2.75, 3.05) is 13.4 Å². The number of hydrogen-bond donors (Lipinski definition) is 2. The highest BCUT2D eigenvalue weighted by Crippen LogP contribution is 2.44. The predicted molar refractivity (Wildman–Crippen MR) is 139 cm³/mol. The largest absolute Gasteiger partial charge is 0.493 e. The number of carbonyl (C=O) groups excluding carboxylic acids is 2. The second-order valence-corrected chi connectivity index (χ2v) is 11.5. The van der Waals surface area contributed by atoms with Crippen LogP contribution < -0.4 is 20.0 Å². The fourth-order valence-electron chi connectivity index (χ4n) is 4.38. The minimum Gasteiger partial charge on any atom is -0.493 e. The standard InChI is InChI=1S/C26H31N3O7S/c1-7-18(27)14-8-9-19-15(10-14)11-20(29(19)25(31)35-26(2,3)4)16-12-21(34-5)23(36-37(6,32)33)17-13-28-24(30)22(16)17/h8-12,18H,7,13,27H2,1-6H3,(H,28,30). The molecule has 1 aliphatic rings. The van der Waals surface area contributed by atoms with E-state index in [2.05, 4.69) is 5.32 Å². The molecule has 0 bridgehead atoms. The summed E-state index contributed by atoms with van der Waals surface area (Å²) in [5.41, 5.74) is 8.20. The van der Waals surface area contributed by atoms with Crippen LogP contribution in [-0.2, 0) is 21.4 Å². The molecular weight excluding hydrogens is 498 g/mol. The summed E-state index contributed by atoms with van der Waals surface area (Å²) in [6, 6.07) is 8.67. The van der Waals surface area contributed by atoms with Crippen molar-refractivity contribution < 1.29 is 31.7 Å². The van der Waals surface area contributed by atoms with E-state index in [1.165, 1.54) is 17.7 Å². The Hall–Kier alpha value is -3.57. The molecule has 2 heterocycles. The second-order valence-electron chi connectivity index (χ2n) is 9.96. The predicted octanol–water partition coefficient (Wildman–Crippen LogP) is 4.09. The summed E-state index contributed by atoms with van der Waals surface area (Å²) in [7, 11) is -2.55. The Morgan fingerprint density at radius 3 is 2.51 bits per heavy atom. The molecule has 0 spiro atoms. The van der Waals surface area contributed by atoms with Crippen LogP contribution in [0.3, 0.4) is 0 Å². The summed E-state index contributed by atoms with van der Waals surface area (Å²) in [6.45, 7) is 7.31. The van der Waals surface area contributed by atoms with Crippen LogP contribution in [0.4, 0.5) is 4.79 Å². The highest BCUT2D eigenvalue weighted by Gasteiger charge is 2.34. The smallest absolute Gasteiger partial charge is 0.419 e. The van der Waals surface area contributed by atoms with Crippen LogP contribution in [0.5, 0.6) is 11.5 Å². The number of methoxy groups -OCH3 is 1. The SMILES string of the molecule is CCC(N)c1ccc2c(c1)cc(-c1cc(OC)c(OS(C)(=O)=O)c3c1C(=O)NC3)n2C(=O)OC(C)(C)C. The van der Waals surface area contributed by atoms with Crippen molar-refractivity contribution in [3.05, 3.63) is 47.0 Å². The lowest BCUT2D eigenvalue weighted by Gasteiger charge is -2.22. The molecule has 0 radical (unpaired) electrons. The zero-order valence-corrected chi connectivity index (χ0v) is 22.5. The number of nitrogens with two attached hydrogens (primary N) is 1. The van der Waals surface area contributed by atoms with Crippen molar-refractivity contribution in [1.29, 1.82) is 0 Å². The number of benzene rings is 2. The van der Waals surface area contributed by atoms with Crippen molar-refractivity contribution in [2.24, 2.45) is 5.73 Å². The monoisotopic (exact) mass is 529 g/mol. The van der Waals surface area contributed by atoms with Gasteiger partial charge in [-0.25, -0.2) is 9.36 Å². The lowest BCUT2D eigenvalue weighted by Crippen LogP contribution is -2.27. The number of aromatic nitrogens is 1. The molecule has 0 fully saturated rings. The second kappa shape index (κ2) is 9.38. The minimum absolute atomic E-state index is 0.0331. The summed E-state index contributed by atoms with van der Waals surface area (Å²) in [5, 5.41) is 3.44. The van der Waals surface area contributed by atoms with Gasteiger partial charge in [-0.2, -0.15) is 8.42 Å². The fourth-order valence-corrected chi connectivity index (χ4v) is 4.86. The van der Waals surface area contributed by atoms with E-state index in [0.717, 1.165) is 23.6 Å². The third kappa shape index (κ3) is 5.14. The molecule has 1 atom stereocenters. The summed E-state index contributed by atoms with van der Waals surface area (Å²) >= 11 is 0. The summed E-state index contributed by atoms with van der Waals surface area (Å²) < 4.78 is 41.7. The van der Waals surface area contributed by atoms with E-state index < -0.39 is 27.7 Å². The summed E-state index contributed by atoms with van der Waals surface area (Å²) in [5.74, 6) is -0.399. The highest BCUT2D eigenvalue weighted by atomic mass is 32.2. The van der Waals surface area contributed by atoms with Crippen LogP contribution in [0.15, 0.2) is 30.3 Å². The van der Waals surface area contributed by atoms with Crippen LogP contribution >= 0.6 is 0 Å². The Bertz CT molecular complexity index is 1520. The topological polar surface area (TPSA) is 139 Å². The van der Waals surface area contributed by atoms with E-state index in [4.69, 9.17) is 19.4 Å². The lowest BCUT2D eigenvalue weighted by atomic mass is 9.98. The van der Waals surface area contributed by atoms with Crippen LogP contribution in [-0.4, -0.2) is 44.0 Å². The number of rotatable bonds is 6. The normalized spacial score (nSPS) is 14.3. The number of nitrogens with one attached hydrogen (secondary N) is 1. The number of amides is 1. The van der Waals surface area contributed by atoms with Gasteiger partial charge in [0.2, 0.25) is 0 Å². The Kier molecular flexibility index (Phi) is 6.72. The van der Waals surface area contributed by atoms with E-state index in [0.29, 0.717) is 22.3 Å². The van der Waals surface area contributed by atoms with E-state index in [9.17, 15) is 18.0 Å². The Labute approximate surface area is 215 Å². The zero-order chi connectivity index (χ0) is 27.3. The van der Waals surface area contributed by atoms with Gasteiger partial charge in [-0.05, 0) is 57.0 Å². The van der Waals surface area contributed by atoms with Gasteiger partial charge in [0, 0.05) is 29.1 Å². The third-order valence-corrected chi connectivity index (χ3v) is 6.47. The van der Waals surface area contributed by atoms with Gasteiger partial charge in [-0.1, -0.05) is 13.0 Å². The molecule has 3 N–H and O–H groups in total. The van der Waals surface area contributed by atoms with Gasteiger partial charge in [0.05, 0.1) is 30.1 Å².